The monoisotopic (exact) mass is 144 g/mol. The zero-order valence-electron chi connectivity index (χ0n) is 6.76. The first-order chi connectivity index (χ1) is 4.81. The van der Waals surface area contributed by atoms with Crippen molar-refractivity contribution in [2.75, 3.05) is 7.11 Å². The molecule has 0 spiro atoms. The molecule has 0 fully saturated rings. The van der Waals surface area contributed by atoms with Crippen LogP contribution in [0.3, 0.4) is 0 Å². The Labute approximate surface area is 62.5 Å². The molecule has 60 valence electrons. The molecule has 0 aliphatic heterocycles. The average molecular weight is 144 g/mol. The molecule has 2 nitrogen and oxygen atoms in total. The van der Waals surface area contributed by atoms with Gasteiger partial charge in [0.2, 0.25) is 0 Å². The largest absolute Gasteiger partial charge is 0.481 e. The van der Waals surface area contributed by atoms with Crippen LogP contribution in [0.2, 0.25) is 0 Å². The summed E-state index contributed by atoms with van der Waals surface area (Å²) in [6.07, 6.45) is 6.17. The molecular formula is C8H16O2. The summed E-state index contributed by atoms with van der Waals surface area (Å²) in [4.78, 5) is 0. The standard InChI is InChI=1S/C8H16O2/c1-3-4-5-6-7-8(9)10-2/h7,9H,3-6H2,1-2H3. The van der Waals surface area contributed by atoms with Gasteiger partial charge in [0.15, 0.2) is 0 Å². The van der Waals surface area contributed by atoms with Crippen LogP contribution in [0.5, 0.6) is 0 Å². The van der Waals surface area contributed by atoms with E-state index in [1.54, 1.807) is 6.08 Å². The summed E-state index contributed by atoms with van der Waals surface area (Å²) in [7, 11) is 1.46. The smallest absolute Gasteiger partial charge is 0.272 e. The highest BCUT2D eigenvalue weighted by Crippen LogP contribution is 2.01. The predicted octanol–water partition coefficient (Wildman–Crippen LogP) is 2.61. The Hall–Kier alpha value is -0.660. The van der Waals surface area contributed by atoms with Crippen LogP contribution in [0, 0.1) is 0 Å². The van der Waals surface area contributed by atoms with Gasteiger partial charge in [0, 0.05) is 0 Å². The minimum Gasteiger partial charge on any atom is -0.481 e. The molecule has 0 unspecified atom stereocenters. The first kappa shape index (κ1) is 9.34. The minimum absolute atomic E-state index is 0.0381. The van der Waals surface area contributed by atoms with Crippen LogP contribution in [0.1, 0.15) is 32.6 Å². The van der Waals surface area contributed by atoms with Crippen molar-refractivity contribution in [2.24, 2.45) is 0 Å². The lowest BCUT2D eigenvalue weighted by atomic mass is 10.2. The van der Waals surface area contributed by atoms with E-state index in [9.17, 15) is 0 Å². The van der Waals surface area contributed by atoms with Gasteiger partial charge in [-0.3, -0.25) is 0 Å². The SMILES string of the molecule is CCCCCC=C(O)OC. The van der Waals surface area contributed by atoms with Crippen LogP contribution < -0.4 is 0 Å². The molecule has 0 bridgehead atoms. The maximum Gasteiger partial charge on any atom is 0.272 e. The van der Waals surface area contributed by atoms with Gasteiger partial charge in [-0.15, -0.1) is 0 Å². The quantitative estimate of drug-likeness (QED) is 0.474. The van der Waals surface area contributed by atoms with Gasteiger partial charge in [-0.2, -0.15) is 0 Å². The van der Waals surface area contributed by atoms with Gasteiger partial charge in [0.1, 0.15) is 0 Å². The van der Waals surface area contributed by atoms with Crippen LogP contribution in [0.25, 0.3) is 0 Å². The third kappa shape index (κ3) is 5.48. The number of methoxy groups -OCH3 is 1. The van der Waals surface area contributed by atoms with Gasteiger partial charge in [0.25, 0.3) is 5.95 Å². The van der Waals surface area contributed by atoms with E-state index in [1.165, 1.54) is 20.0 Å². The Kier molecular flexibility index (Phi) is 6.03. The lowest BCUT2D eigenvalue weighted by molar-refractivity contribution is 0.134. The van der Waals surface area contributed by atoms with Gasteiger partial charge >= 0.3 is 0 Å². The number of allylic oxidation sites excluding steroid dienone is 1. The van der Waals surface area contributed by atoms with Crippen molar-refractivity contribution in [3.8, 4) is 0 Å². The second kappa shape index (κ2) is 6.46. The van der Waals surface area contributed by atoms with E-state index in [-0.39, 0.29) is 5.95 Å². The van der Waals surface area contributed by atoms with E-state index in [1.807, 2.05) is 0 Å². The van der Waals surface area contributed by atoms with Crippen LogP contribution in [0.15, 0.2) is 12.0 Å². The fourth-order valence-electron chi connectivity index (χ4n) is 0.703. The molecule has 2 heteroatoms. The Balaban J connectivity index is 3.16. The number of aliphatic hydroxyl groups excluding tert-OH is 1. The van der Waals surface area contributed by atoms with Gasteiger partial charge < -0.3 is 9.84 Å². The van der Waals surface area contributed by atoms with E-state index in [2.05, 4.69) is 11.7 Å². The molecule has 0 amide bonds. The molecule has 0 aromatic heterocycles. The van der Waals surface area contributed by atoms with E-state index < -0.39 is 0 Å². The molecule has 0 radical (unpaired) electrons. The Morgan fingerprint density at radius 1 is 1.50 bits per heavy atom. The summed E-state index contributed by atoms with van der Waals surface area (Å²) in [6.45, 7) is 2.15. The molecule has 0 saturated carbocycles. The van der Waals surface area contributed by atoms with Gasteiger partial charge in [-0.05, 0) is 18.9 Å². The molecule has 0 heterocycles. The van der Waals surface area contributed by atoms with Crippen LogP contribution in [0.4, 0.5) is 0 Å². The first-order valence-corrected chi connectivity index (χ1v) is 3.74. The average Bonchev–Trinajstić information content (AvgIpc) is 1.98. The summed E-state index contributed by atoms with van der Waals surface area (Å²) in [6, 6.07) is 0. The Morgan fingerprint density at radius 3 is 2.70 bits per heavy atom. The second-order valence-electron chi connectivity index (χ2n) is 2.24. The van der Waals surface area contributed by atoms with Gasteiger partial charge in [0.05, 0.1) is 7.11 Å². The number of rotatable bonds is 5. The zero-order chi connectivity index (χ0) is 7.82. The molecule has 0 aromatic carbocycles. The number of ether oxygens (including phenoxy) is 1. The number of hydrogen-bond donors (Lipinski definition) is 1. The van der Waals surface area contributed by atoms with E-state index in [0.29, 0.717) is 0 Å². The molecule has 0 aromatic rings. The molecule has 0 rings (SSSR count). The maximum atomic E-state index is 8.80. The molecule has 0 aliphatic rings. The van der Waals surface area contributed by atoms with Crippen molar-refractivity contribution in [3.63, 3.8) is 0 Å². The molecule has 0 saturated heterocycles. The highest BCUT2D eigenvalue weighted by atomic mass is 16.6. The van der Waals surface area contributed by atoms with Crippen molar-refractivity contribution in [2.45, 2.75) is 32.6 Å². The lowest BCUT2D eigenvalue weighted by Gasteiger charge is -1.95. The van der Waals surface area contributed by atoms with Crippen LogP contribution in [-0.2, 0) is 4.74 Å². The highest BCUT2D eigenvalue weighted by Gasteiger charge is 1.87. The fourth-order valence-corrected chi connectivity index (χ4v) is 0.703. The summed E-state index contributed by atoms with van der Waals surface area (Å²) in [5, 5.41) is 8.80. The minimum atomic E-state index is 0.0381. The Bertz CT molecular complexity index is 97.4. The van der Waals surface area contributed by atoms with E-state index >= 15 is 0 Å². The topological polar surface area (TPSA) is 29.5 Å². The number of hydrogen-bond acceptors (Lipinski definition) is 2. The summed E-state index contributed by atoms with van der Waals surface area (Å²) in [5.74, 6) is 0.0381. The second-order valence-corrected chi connectivity index (χ2v) is 2.24. The van der Waals surface area contributed by atoms with Crippen LogP contribution >= 0.6 is 0 Å². The maximum absolute atomic E-state index is 8.80. The summed E-state index contributed by atoms with van der Waals surface area (Å²) in [5.41, 5.74) is 0. The molecule has 0 atom stereocenters. The van der Waals surface area contributed by atoms with Crippen molar-refractivity contribution >= 4 is 0 Å². The third-order valence-electron chi connectivity index (χ3n) is 1.34. The number of aliphatic hydroxyl groups is 1. The molecule has 1 N–H and O–H groups in total. The fraction of sp³-hybridized carbons (Fsp3) is 0.750. The summed E-state index contributed by atoms with van der Waals surface area (Å²) < 4.78 is 4.55. The van der Waals surface area contributed by atoms with Crippen molar-refractivity contribution < 1.29 is 9.84 Å². The zero-order valence-corrected chi connectivity index (χ0v) is 6.76. The van der Waals surface area contributed by atoms with E-state index in [0.717, 1.165) is 12.8 Å². The van der Waals surface area contributed by atoms with Crippen molar-refractivity contribution in [1.82, 2.24) is 0 Å². The van der Waals surface area contributed by atoms with Gasteiger partial charge in [-0.25, -0.2) is 0 Å². The van der Waals surface area contributed by atoms with Crippen LogP contribution in [-0.4, -0.2) is 12.2 Å². The molecular weight excluding hydrogens is 128 g/mol. The van der Waals surface area contributed by atoms with Gasteiger partial charge in [-0.1, -0.05) is 19.8 Å². The first-order valence-electron chi connectivity index (χ1n) is 3.74. The Morgan fingerprint density at radius 2 is 2.20 bits per heavy atom. The van der Waals surface area contributed by atoms with Crippen molar-refractivity contribution in [1.29, 1.82) is 0 Å². The summed E-state index contributed by atoms with van der Waals surface area (Å²) >= 11 is 0. The normalized spacial score (nSPS) is 11.6. The third-order valence-corrected chi connectivity index (χ3v) is 1.34. The highest BCUT2D eigenvalue weighted by molar-refractivity contribution is 4.80. The number of unbranched alkanes of at least 4 members (excludes halogenated alkanes) is 3. The molecule has 10 heavy (non-hydrogen) atoms. The molecule has 0 aliphatic carbocycles. The predicted molar refractivity (Wildman–Crippen MR) is 41.9 cm³/mol. The van der Waals surface area contributed by atoms with E-state index in [4.69, 9.17) is 5.11 Å². The van der Waals surface area contributed by atoms with Crippen molar-refractivity contribution in [3.05, 3.63) is 12.0 Å². The lowest BCUT2D eigenvalue weighted by Crippen LogP contribution is -1.83.